The topological polar surface area (TPSA) is 99.5 Å². The number of allylic oxidation sites excluding steroid dienone is 1. The molecule has 0 aliphatic heterocycles. The molecule has 0 bridgehead atoms. The standard InChI is InChI=1S/C16H18N4O3/c1-3-10-20-15(22)13(14(21)17-16(20)23)12(4-2)19-18-11-8-6-5-7-9-11/h3,5-9,18,22H,1,4,10H2,2H3,(H,17,21,23). The molecular formula is C16H18N4O3. The molecule has 0 aliphatic carbocycles. The summed E-state index contributed by atoms with van der Waals surface area (Å²) in [5.74, 6) is -0.422. The van der Waals surface area contributed by atoms with Gasteiger partial charge in [0.2, 0.25) is 5.88 Å². The third kappa shape index (κ3) is 3.57. The molecule has 0 unspecified atom stereocenters. The van der Waals surface area contributed by atoms with E-state index < -0.39 is 17.1 Å². The highest BCUT2D eigenvalue weighted by molar-refractivity contribution is 6.02. The van der Waals surface area contributed by atoms with E-state index in [1.165, 1.54) is 6.08 Å². The summed E-state index contributed by atoms with van der Waals surface area (Å²) in [7, 11) is 0. The van der Waals surface area contributed by atoms with Crippen LogP contribution in [0.1, 0.15) is 18.9 Å². The Morgan fingerprint density at radius 2 is 2.09 bits per heavy atom. The van der Waals surface area contributed by atoms with E-state index in [1.54, 1.807) is 6.92 Å². The molecule has 7 nitrogen and oxygen atoms in total. The molecule has 3 N–H and O–H groups in total. The Morgan fingerprint density at radius 1 is 1.39 bits per heavy atom. The molecule has 7 heteroatoms. The van der Waals surface area contributed by atoms with Crippen LogP contribution in [0.3, 0.4) is 0 Å². The maximum absolute atomic E-state index is 12.1. The molecule has 120 valence electrons. The van der Waals surface area contributed by atoms with E-state index in [-0.39, 0.29) is 12.1 Å². The van der Waals surface area contributed by atoms with Crippen LogP contribution in [-0.2, 0) is 6.54 Å². The van der Waals surface area contributed by atoms with Crippen molar-refractivity contribution in [3.05, 3.63) is 69.4 Å². The van der Waals surface area contributed by atoms with Gasteiger partial charge >= 0.3 is 5.69 Å². The monoisotopic (exact) mass is 314 g/mol. The minimum Gasteiger partial charge on any atom is -0.494 e. The number of aromatic hydroxyl groups is 1. The van der Waals surface area contributed by atoms with Crippen LogP contribution in [-0.4, -0.2) is 20.4 Å². The van der Waals surface area contributed by atoms with Gasteiger partial charge in [-0.25, -0.2) is 4.79 Å². The second-order valence-electron chi connectivity index (χ2n) is 4.75. The van der Waals surface area contributed by atoms with Crippen molar-refractivity contribution in [2.45, 2.75) is 19.9 Å². The van der Waals surface area contributed by atoms with Crippen LogP contribution in [0.5, 0.6) is 5.88 Å². The Kier molecular flexibility index (Phi) is 5.14. The number of benzene rings is 1. The van der Waals surface area contributed by atoms with Gasteiger partial charge in [0.15, 0.2) is 0 Å². The summed E-state index contributed by atoms with van der Waals surface area (Å²) in [4.78, 5) is 26.0. The SMILES string of the molecule is C=CCn1c(O)c(C(CC)=NNc2ccccc2)c(=O)[nH]c1=O. The number of H-pyrrole nitrogens is 1. The first-order valence-electron chi connectivity index (χ1n) is 7.13. The lowest BCUT2D eigenvalue weighted by molar-refractivity contribution is 0.409. The number of para-hydroxylation sites is 1. The van der Waals surface area contributed by atoms with Crippen molar-refractivity contribution in [1.29, 1.82) is 0 Å². The third-order valence-electron chi connectivity index (χ3n) is 3.20. The lowest BCUT2D eigenvalue weighted by Gasteiger charge is -2.11. The van der Waals surface area contributed by atoms with Gasteiger partial charge in [0, 0.05) is 6.54 Å². The normalized spacial score (nSPS) is 11.3. The summed E-state index contributed by atoms with van der Waals surface area (Å²) in [5.41, 5.74) is 2.51. The van der Waals surface area contributed by atoms with Crippen LogP contribution < -0.4 is 16.7 Å². The predicted molar refractivity (Wildman–Crippen MR) is 90.1 cm³/mol. The zero-order valence-corrected chi connectivity index (χ0v) is 12.7. The summed E-state index contributed by atoms with van der Waals surface area (Å²) in [5, 5.41) is 14.4. The van der Waals surface area contributed by atoms with Crippen LogP contribution in [0, 0.1) is 0 Å². The highest BCUT2D eigenvalue weighted by atomic mass is 16.3. The zero-order chi connectivity index (χ0) is 16.8. The van der Waals surface area contributed by atoms with Crippen molar-refractivity contribution in [2.24, 2.45) is 5.10 Å². The number of hydrogen-bond donors (Lipinski definition) is 3. The highest BCUT2D eigenvalue weighted by Crippen LogP contribution is 2.14. The lowest BCUT2D eigenvalue weighted by Crippen LogP contribution is -2.33. The fourth-order valence-corrected chi connectivity index (χ4v) is 2.07. The van der Waals surface area contributed by atoms with E-state index >= 15 is 0 Å². The quantitative estimate of drug-likeness (QED) is 0.429. The van der Waals surface area contributed by atoms with Crippen molar-refractivity contribution < 1.29 is 5.11 Å². The van der Waals surface area contributed by atoms with Gasteiger partial charge in [-0.2, -0.15) is 5.10 Å². The van der Waals surface area contributed by atoms with Gasteiger partial charge in [0.25, 0.3) is 5.56 Å². The van der Waals surface area contributed by atoms with Crippen molar-refractivity contribution >= 4 is 11.4 Å². The van der Waals surface area contributed by atoms with Crippen LogP contribution >= 0.6 is 0 Å². The smallest absolute Gasteiger partial charge is 0.331 e. The highest BCUT2D eigenvalue weighted by Gasteiger charge is 2.17. The fourth-order valence-electron chi connectivity index (χ4n) is 2.07. The van der Waals surface area contributed by atoms with Gasteiger partial charge in [0.1, 0.15) is 5.56 Å². The van der Waals surface area contributed by atoms with E-state index in [4.69, 9.17) is 0 Å². The Morgan fingerprint density at radius 3 is 2.70 bits per heavy atom. The Bertz CT molecular complexity index is 835. The number of anilines is 1. The van der Waals surface area contributed by atoms with Crippen molar-refractivity contribution in [3.63, 3.8) is 0 Å². The number of rotatable bonds is 6. The maximum Gasteiger partial charge on any atom is 0.331 e. The first kappa shape index (κ1) is 16.3. The summed E-state index contributed by atoms with van der Waals surface area (Å²) in [6.45, 7) is 5.41. The van der Waals surface area contributed by atoms with Crippen LogP contribution in [0.2, 0.25) is 0 Å². The molecule has 0 spiro atoms. The number of aromatic amines is 1. The molecule has 0 aliphatic rings. The van der Waals surface area contributed by atoms with Gasteiger partial charge in [0.05, 0.1) is 11.4 Å². The van der Waals surface area contributed by atoms with Gasteiger partial charge in [-0.1, -0.05) is 31.2 Å². The molecule has 0 saturated carbocycles. The van der Waals surface area contributed by atoms with Crippen molar-refractivity contribution in [2.75, 3.05) is 5.43 Å². The van der Waals surface area contributed by atoms with Crippen molar-refractivity contribution in [1.82, 2.24) is 9.55 Å². The number of aromatic nitrogens is 2. The van der Waals surface area contributed by atoms with Crippen LogP contribution in [0.15, 0.2) is 57.7 Å². The molecular weight excluding hydrogens is 296 g/mol. The molecule has 1 aromatic carbocycles. The van der Waals surface area contributed by atoms with Crippen LogP contribution in [0.25, 0.3) is 0 Å². The summed E-state index contributed by atoms with van der Waals surface area (Å²) in [6, 6.07) is 9.20. The number of nitrogens with one attached hydrogen (secondary N) is 2. The van der Waals surface area contributed by atoms with Gasteiger partial charge in [-0.05, 0) is 18.6 Å². The molecule has 0 saturated heterocycles. The number of hydrazone groups is 1. The summed E-state index contributed by atoms with van der Waals surface area (Å²) >= 11 is 0. The molecule has 2 aromatic rings. The van der Waals surface area contributed by atoms with Crippen LogP contribution in [0.4, 0.5) is 5.69 Å². The molecule has 1 heterocycles. The third-order valence-corrected chi connectivity index (χ3v) is 3.20. The van der Waals surface area contributed by atoms with E-state index in [2.05, 4.69) is 22.1 Å². The number of nitrogens with zero attached hydrogens (tertiary/aromatic N) is 2. The first-order chi connectivity index (χ1) is 11.1. The van der Waals surface area contributed by atoms with E-state index in [0.29, 0.717) is 12.1 Å². The Hall–Kier alpha value is -3.09. The maximum atomic E-state index is 12.1. The lowest BCUT2D eigenvalue weighted by atomic mass is 10.1. The fraction of sp³-hybridized carbons (Fsp3) is 0.188. The predicted octanol–water partition coefficient (Wildman–Crippen LogP) is 1.65. The Labute approximate surface area is 132 Å². The largest absolute Gasteiger partial charge is 0.494 e. The summed E-state index contributed by atoms with van der Waals surface area (Å²) in [6.07, 6.45) is 1.84. The van der Waals surface area contributed by atoms with Gasteiger partial charge in [-0.15, -0.1) is 6.58 Å². The van der Waals surface area contributed by atoms with Gasteiger partial charge < -0.3 is 5.11 Å². The zero-order valence-electron chi connectivity index (χ0n) is 12.7. The minimum absolute atomic E-state index is 0.0302. The van der Waals surface area contributed by atoms with E-state index in [9.17, 15) is 14.7 Å². The molecule has 1 aromatic heterocycles. The molecule has 0 radical (unpaired) electrons. The molecule has 0 atom stereocenters. The average molecular weight is 314 g/mol. The molecule has 23 heavy (non-hydrogen) atoms. The number of hydrogen-bond acceptors (Lipinski definition) is 5. The molecule has 0 amide bonds. The molecule has 2 rings (SSSR count). The summed E-state index contributed by atoms with van der Waals surface area (Å²) < 4.78 is 1.03. The van der Waals surface area contributed by atoms with E-state index in [0.717, 1.165) is 10.3 Å². The van der Waals surface area contributed by atoms with E-state index in [1.807, 2.05) is 30.3 Å². The van der Waals surface area contributed by atoms with Crippen molar-refractivity contribution in [3.8, 4) is 5.88 Å². The minimum atomic E-state index is -0.692. The first-order valence-corrected chi connectivity index (χ1v) is 7.13. The Balaban J connectivity index is 2.49. The average Bonchev–Trinajstić information content (AvgIpc) is 2.55. The second-order valence-corrected chi connectivity index (χ2v) is 4.75. The molecule has 0 fully saturated rings. The second kappa shape index (κ2) is 7.26. The van der Waals surface area contributed by atoms with Gasteiger partial charge in [-0.3, -0.25) is 19.8 Å².